The number of alkyl halides is 2. The summed E-state index contributed by atoms with van der Waals surface area (Å²) in [6.07, 6.45) is -2.21. The van der Waals surface area contributed by atoms with E-state index in [-0.39, 0.29) is 23.4 Å². The number of halogens is 2. The lowest BCUT2D eigenvalue weighted by molar-refractivity contribution is -0.139. The number of nitrogens with zero attached hydrogens (tertiary/aromatic N) is 2. The molecule has 0 bridgehead atoms. The molecule has 0 amide bonds. The average Bonchev–Trinajstić information content (AvgIpc) is 2.37. The summed E-state index contributed by atoms with van der Waals surface area (Å²) in [6, 6.07) is 1.61. The number of nitriles is 1. The van der Waals surface area contributed by atoms with Crippen LogP contribution in [0.3, 0.4) is 0 Å². The number of carbonyl (C=O) groups is 1. The first-order chi connectivity index (χ1) is 8.54. The Hall–Kier alpha value is -2.23. The molecule has 0 atom stereocenters. The minimum atomic E-state index is -2.89. The fraction of sp³-hybridized carbons (Fsp3) is 0.364. The molecule has 0 radical (unpaired) electrons. The van der Waals surface area contributed by atoms with Crippen molar-refractivity contribution < 1.29 is 23.0 Å². The molecule has 7 heteroatoms. The van der Waals surface area contributed by atoms with Crippen molar-refractivity contribution in [3.63, 3.8) is 0 Å². The zero-order valence-electron chi connectivity index (χ0n) is 9.74. The third kappa shape index (κ3) is 2.71. The maximum atomic E-state index is 12.9. The minimum Gasteiger partial charge on any atom is -0.494 e. The highest BCUT2D eigenvalue weighted by Crippen LogP contribution is 2.33. The molecular formula is C11H10F2N2O3. The summed E-state index contributed by atoms with van der Waals surface area (Å²) < 4.78 is 35.0. The zero-order chi connectivity index (χ0) is 13.7. The number of hydrogen-bond acceptors (Lipinski definition) is 5. The fourth-order valence-corrected chi connectivity index (χ4v) is 1.42. The Morgan fingerprint density at radius 2 is 2.22 bits per heavy atom. The lowest BCUT2D eigenvalue weighted by Crippen LogP contribution is -2.10. The van der Waals surface area contributed by atoms with Crippen molar-refractivity contribution in [3.05, 3.63) is 23.0 Å². The second-order valence-electron chi connectivity index (χ2n) is 3.23. The van der Waals surface area contributed by atoms with Crippen molar-refractivity contribution in [2.75, 3.05) is 14.2 Å². The van der Waals surface area contributed by atoms with E-state index in [0.717, 1.165) is 6.20 Å². The highest BCUT2D eigenvalue weighted by molar-refractivity contribution is 5.73. The van der Waals surface area contributed by atoms with Crippen LogP contribution in [-0.4, -0.2) is 25.2 Å². The van der Waals surface area contributed by atoms with Crippen molar-refractivity contribution in [2.24, 2.45) is 0 Å². The SMILES string of the molecule is COC(=O)Cc1ncc(C#N)c(C(F)F)c1OC. The maximum Gasteiger partial charge on any atom is 0.311 e. The lowest BCUT2D eigenvalue weighted by Gasteiger charge is -2.12. The molecule has 0 aliphatic rings. The summed E-state index contributed by atoms with van der Waals surface area (Å²) in [5.41, 5.74) is -0.831. The summed E-state index contributed by atoms with van der Waals surface area (Å²) in [7, 11) is 2.34. The molecule has 0 aromatic carbocycles. The van der Waals surface area contributed by atoms with Crippen LogP contribution in [0.5, 0.6) is 5.75 Å². The van der Waals surface area contributed by atoms with Gasteiger partial charge in [0.2, 0.25) is 0 Å². The van der Waals surface area contributed by atoms with E-state index in [4.69, 9.17) is 10.00 Å². The van der Waals surface area contributed by atoms with Gasteiger partial charge in [0.15, 0.2) is 5.75 Å². The maximum absolute atomic E-state index is 12.9. The molecule has 0 saturated heterocycles. The summed E-state index contributed by atoms with van der Waals surface area (Å²) >= 11 is 0. The molecule has 18 heavy (non-hydrogen) atoms. The van der Waals surface area contributed by atoms with E-state index in [0.29, 0.717) is 0 Å². The van der Waals surface area contributed by atoms with Crippen LogP contribution < -0.4 is 4.74 Å². The Kier molecular flexibility index (Phi) is 4.54. The average molecular weight is 256 g/mol. The molecule has 0 saturated carbocycles. The van der Waals surface area contributed by atoms with Gasteiger partial charge >= 0.3 is 5.97 Å². The van der Waals surface area contributed by atoms with Gasteiger partial charge in [0, 0.05) is 6.20 Å². The van der Waals surface area contributed by atoms with E-state index in [2.05, 4.69) is 9.72 Å². The molecule has 1 rings (SSSR count). The highest BCUT2D eigenvalue weighted by Gasteiger charge is 2.24. The van der Waals surface area contributed by atoms with Crippen molar-refractivity contribution >= 4 is 5.97 Å². The molecular weight excluding hydrogens is 246 g/mol. The van der Waals surface area contributed by atoms with Crippen molar-refractivity contribution in [2.45, 2.75) is 12.8 Å². The molecule has 0 aliphatic heterocycles. The highest BCUT2D eigenvalue weighted by atomic mass is 19.3. The third-order valence-corrected chi connectivity index (χ3v) is 2.23. The van der Waals surface area contributed by atoms with E-state index >= 15 is 0 Å². The lowest BCUT2D eigenvalue weighted by atomic mass is 10.1. The summed E-state index contributed by atoms with van der Waals surface area (Å²) in [4.78, 5) is 14.9. The first kappa shape index (κ1) is 13.8. The number of pyridine rings is 1. The van der Waals surface area contributed by atoms with Gasteiger partial charge in [-0.15, -0.1) is 0 Å². The second-order valence-corrected chi connectivity index (χ2v) is 3.23. The molecule has 96 valence electrons. The summed E-state index contributed by atoms with van der Waals surface area (Å²) in [5, 5.41) is 8.74. The molecule has 0 unspecified atom stereocenters. The van der Waals surface area contributed by atoms with Gasteiger partial charge in [-0.05, 0) is 0 Å². The first-order valence-electron chi connectivity index (χ1n) is 4.86. The van der Waals surface area contributed by atoms with Crippen LogP contribution in [0.25, 0.3) is 0 Å². The number of esters is 1. The smallest absolute Gasteiger partial charge is 0.311 e. The van der Waals surface area contributed by atoms with Gasteiger partial charge in [-0.3, -0.25) is 9.78 Å². The van der Waals surface area contributed by atoms with E-state index < -0.39 is 18.0 Å². The van der Waals surface area contributed by atoms with Crippen LogP contribution in [0, 0.1) is 11.3 Å². The number of ether oxygens (including phenoxy) is 2. The molecule has 5 nitrogen and oxygen atoms in total. The van der Waals surface area contributed by atoms with Crippen LogP contribution in [0.15, 0.2) is 6.20 Å². The van der Waals surface area contributed by atoms with Crippen LogP contribution in [0.2, 0.25) is 0 Å². The largest absolute Gasteiger partial charge is 0.494 e. The minimum absolute atomic E-state index is 0.0126. The van der Waals surface area contributed by atoms with Crippen molar-refractivity contribution in [3.8, 4) is 11.8 Å². The first-order valence-corrected chi connectivity index (χ1v) is 4.86. The number of aromatic nitrogens is 1. The Labute approximate surface area is 102 Å². The quantitative estimate of drug-likeness (QED) is 0.765. The van der Waals surface area contributed by atoms with Crippen LogP contribution >= 0.6 is 0 Å². The van der Waals surface area contributed by atoms with E-state index in [1.807, 2.05) is 0 Å². The van der Waals surface area contributed by atoms with Gasteiger partial charge in [0.25, 0.3) is 6.43 Å². The third-order valence-electron chi connectivity index (χ3n) is 2.23. The van der Waals surface area contributed by atoms with E-state index in [9.17, 15) is 13.6 Å². The number of carbonyl (C=O) groups excluding carboxylic acids is 1. The molecule has 0 N–H and O–H groups in total. The van der Waals surface area contributed by atoms with Crippen molar-refractivity contribution in [1.29, 1.82) is 5.26 Å². The number of rotatable bonds is 4. The normalized spacial score (nSPS) is 10.0. The van der Waals surface area contributed by atoms with Gasteiger partial charge in [0.05, 0.1) is 37.5 Å². The van der Waals surface area contributed by atoms with Gasteiger partial charge in [-0.1, -0.05) is 0 Å². The Morgan fingerprint density at radius 1 is 1.56 bits per heavy atom. The fourth-order valence-electron chi connectivity index (χ4n) is 1.42. The van der Waals surface area contributed by atoms with Crippen LogP contribution in [-0.2, 0) is 16.0 Å². The summed E-state index contributed by atoms with van der Waals surface area (Å²) in [6.45, 7) is 0. The molecule has 1 aromatic heterocycles. The molecule has 0 fully saturated rings. The zero-order valence-corrected chi connectivity index (χ0v) is 9.74. The van der Waals surface area contributed by atoms with Crippen molar-refractivity contribution in [1.82, 2.24) is 4.98 Å². The Bertz CT molecular complexity index is 498. The van der Waals surface area contributed by atoms with Crippen LogP contribution in [0.1, 0.15) is 23.2 Å². The molecule has 0 aliphatic carbocycles. The molecule has 1 heterocycles. The van der Waals surface area contributed by atoms with E-state index in [1.54, 1.807) is 6.07 Å². The molecule has 0 spiro atoms. The molecule has 1 aromatic rings. The Balaban J connectivity index is 3.34. The number of hydrogen-bond donors (Lipinski definition) is 0. The van der Waals surface area contributed by atoms with E-state index in [1.165, 1.54) is 14.2 Å². The second kappa shape index (κ2) is 5.91. The number of methoxy groups -OCH3 is 2. The van der Waals surface area contributed by atoms with Gasteiger partial charge in [0.1, 0.15) is 6.07 Å². The standard InChI is InChI=1S/C11H10F2N2O3/c1-17-8(16)3-7-10(18-2)9(11(12)13)6(4-14)5-15-7/h5,11H,3H2,1-2H3. The predicted molar refractivity (Wildman–Crippen MR) is 56.2 cm³/mol. The Morgan fingerprint density at radius 3 is 2.67 bits per heavy atom. The van der Waals surface area contributed by atoms with Gasteiger partial charge < -0.3 is 9.47 Å². The van der Waals surface area contributed by atoms with Gasteiger partial charge in [-0.25, -0.2) is 8.78 Å². The van der Waals surface area contributed by atoms with Gasteiger partial charge in [-0.2, -0.15) is 5.26 Å². The van der Waals surface area contributed by atoms with Crippen LogP contribution in [0.4, 0.5) is 8.78 Å². The topological polar surface area (TPSA) is 72.2 Å². The predicted octanol–water partition coefficient (Wildman–Crippen LogP) is 1.61. The monoisotopic (exact) mass is 256 g/mol. The summed E-state index contributed by atoms with van der Waals surface area (Å²) in [5.74, 6) is -0.889.